The summed E-state index contributed by atoms with van der Waals surface area (Å²) in [5.41, 5.74) is 1.52. The maximum Gasteiger partial charge on any atom is 0.0197 e. The number of nitrogens with one attached hydrogen (secondary N) is 1. The quantitative estimate of drug-likeness (QED) is 0.879. The molecular formula is C16H24N2. The number of rotatable bonds is 3. The summed E-state index contributed by atoms with van der Waals surface area (Å²) in [4.78, 5) is 2.45. The Bertz CT molecular complexity index is 370. The average molecular weight is 244 g/mol. The SMILES string of the molecule is CN1CCCC(NC2CC(c3ccccc3)C2)C1. The fourth-order valence-electron chi connectivity index (χ4n) is 3.39. The van der Waals surface area contributed by atoms with Crippen LogP contribution in [0.15, 0.2) is 30.3 Å². The Kier molecular flexibility index (Phi) is 3.67. The molecule has 3 rings (SSSR count). The number of likely N-dealkylation sites (N-methyl/N-ethyl adjacent to an activating group) is 1. The molecule has 0 spiro atoms. The summed E-state index contributed by atoms with van der Waals surface area (Å²) in [6.45, 7) is 2.50. The van der Waals surface area contributed by atoms with Gasteiger partial charge in [0.25, 0.3) is 0 Å². The van der Waals surface area contributed by atoms with Gasteiger partial charge < -0.3 is 10.2 Å². The molecule has 1 saturated heterocycles. The van der Waals surface area contributed by atoms with Gasteiger partial charge in [0.05, 0.1) is 0 Å². The van der Waals surface area contributed by atoms with E-state index in [2.05, 4.69) is 47.6 Å². The first kappa shape index (κ1) is 12.2. The molecule has 0 bridgehead atoms. The molecule has 98 valence electrons. The first-order valence-electron chi connectivity index (χ1n) is 7.31. The predicted octanol–water partition coefficient (Wildman–Crippen LogP) is 2.62. The number of nitrogens with zero attached hydrogens (tertiary/aromatic N) is 1. The first-order chi connectivity index (χ1) is 8.81. The molecule has 1 N–H and O–H groups in total. The van der Waals surface area contributed by atoms with E-state index in [9.17, 15) is 0 Å². The lowest BCUT2D eigenvalue weighted by atomic mass is 9.75. The van der Waals surface area contributed by atoms with E-state index in [1.165, 1.54) is 44.3 Å². The lowest BCUT2D eigenvalue weighted by Crippen LogP contribution is -2.51. The van der Waals surface area contributed by atoms with Crippen molar-refractivity contribution in [3.05, 3.63) is 35.9 Å². The van der Waals surface area contributed by atoms with Gasteiger partial charge in [-0.25, -0.2) is 0 Å². The van der Waals surface area contributed by atoms with Crippen LogP contribution in [0.1, 0.15) is 37.2 Å². The molecule has 2 heteroatoms. The van der Waals surface area contributed by atoms with Crippen LogP contribution in [0.2, 0.25) is 0 Å². The lowest BCUT2D eigenvalue weighted by molar-refractivity contribution is 0.185. The fraction of sp³-hybridized carbons (Fsp3) is 0.625. The lowest BCUT2D eigenvalue weighted by Gasteiger charge is -2.41. The Morgan fingerprint density at radius 3 is 2.61 bits per heavy atom. The van der Waals surface area contributed by atoms with Crippen LogP contribution in [-0.2, 0) is 0 Å². The molecule has 0 amide bonds. The highest BCUT2D eigenvalue weighted by atomic mass is 15.1. The van der Waals surface area contributed by atoms with Gasteiger partial charge in [-0.3, -0.25) is 0 Å². The van der Waals surface area contributed by atoms with E-state index in [0.717, 1.165) is 18.0 Å². The number of benzene rings is 1. The molecule has 1 aliphatic carbocycles. The molecule has 18 heavy (non-hydrogen) atoms. The van der Waals surface area contributed by atoms with Gasteiger partial charge in [0.1, 0.15) is 0 Å². The van der Waals surface area contributed by atoms with Gasteiger partial charge in [0, 0.05) is 18.6 Å². The molecule has 0 radical (unpaired) electrons. The minimum absolute atomic E-state index is 0.727. The molecule has 2 fully saturated rings. The Balaban J connectivity index is 1.45. The zero-order valence-corrected chi connectivity index (χ0v) is 11.3. The van der Waals surface area contributed by atoms with Gasteiger partial charge >= 0.3 is 0 Å². The Morgan fingerprint density at radius 2 is 1.89 bits per heavy atom. The molecule has 1 heterocycles. The van der Waals surface area contributed by atoms with Gasteiger partial charge in [0.2, 0.25) is 0 Å². The Morgan fingerprint density at radius 1 is 1.11 bits per heavy atom. The second-order valence-electron chi connectivity index (χ2n) is 6.04. The number of piperidine rings is 1. The fourth-order valence-corrected chi connectivity index (χ4v) is 3.39. The molecule has 1 aliphatic heterocycles. The molecule has 1 atom stereocenters. The maximum atomic E-state index is 3.84. The van der Waals surface area contributed by atoms with Crippen molar-refractivity contribution in [2.24, 2.45) is 0 Å². The third-order valence-electron chi connectivity index (χ3n) is 4.50. The van der Waals surface area contributed by atoms with Gasteiger partial charge in [-0.1, -0.05) is 30.3 Å². The Labute approximate surface area is 110 Å². The second-order valence-corrected chi connectivity index (χ2v) is 6.04. The number of hydrogen-bond acceptors (Lipinski definition) is 2. The molecule has 1 saturated carbocycles. The molecule has 2 nitrogen and oxygen atoms in total. The van der Waals surface area contributed by atoms with Gasteiger partial charge in [-0.2, -0.15) is 0 Å². The summed E-state index contributed by atoms with van der Waals surface area (Å²) in [5.74, 6) is 0.796. The van der Waals surface area contributed by atoms with Gasteiger partial charge in [-0.15, -0.1) is 0 Å². The van der Waals surface area contributed by atoms with Crippen molar-refractivity contribution in [3.8, 4) is 0 Å². The summed E-state index contributed by atoms with van der Waals surface area (Å²) in [6, 6.07) is 12.5. The van der Waals surface area contributed by atoms with Crippen LogP contribution in [0.5, 0.6) is 0 Å². The normalized spacial score (nSPS) is 33.1. The van der Waals surface area contributed by atoms with Crippen LogP contribution in [0, 0.1) is 0 Å². The molecule has 1 aromatic carbocycles. The highest BCUT2D eigenvalue weighted by Crippen LogP contribution is 2.37. The van der Waals surface area contributed by atoms with Crippen LogP contribution in [0.25, 0.3) is 0 Å². The third-order valence-corrected chi connectivity index (χ3v) is 4.50. The smallest absolute Gasteiger partial charge is 0.0197 e. The van der Waals surface area contributed by atoms with E-state index in [1.807, 2.05) is 0 Å². The van der Waals surface area contributed by atoms with Gasteiger partial charge in [-0.05, 0) is 50.8 Å². The number of likely N-dealkylation sites (tertiary alicyclic amines) is 1. The summed E-state index contributed by atoms with van der Waals surface area (Å²) in [6.07, 6.45) is 5.36. The minimum Gasteiger partial charge on any atom is -0.310 e. The van der Waals surface area contributed by atoms with Crippen molar-refractivity contribution in [2.75, 3.05) is 20.1 Å². The van der Waals surface area contributed by atoms with Crippen molar-refractivity contribution in [1.29, 1.82) is 0 Å². The zero-order valence-electron chi connectivity index (χ0n) is 11.3. The summed E-state index contributed by atoms with van der Waals surface area (Å²) in [5, 5.41) is 3.84. The molecular weight excluding hydrogens is 220 g/mol. The van der Waals surface area contributed by atoms with Crippen molar-refractivity contribution in [3.63, 3.8) is 0 Å². The van der Waals surface area contributed by atoms with Crippen molar-refractivity contribution in [2.45, 2.75) is 43.7 Å². The zero-order chi connectivity index (χ0) is 12.4. The third kappa shape index (κ3) is 2.76. The average Bonchev–Trinajstić information content (AvgIpc) is 2.34. The highest BCUT2D eigenvalue weighted by Gasteiger charge is 2.32. The first-order valence-corrected chi connectivity index (χ1v) is 7.31. The summed E-state index contributed by atoms with van der Waals surface area (Å²) >= 11 is 0. The summed E-state index contributed by atoms with van der Waals surface area (Å²) < 4.78 is 0. The van der Waals surface area contributed by atoms with Crippen LogP contribution in [-0.4, -0.2) is 37.1 Å². The molecule has 1 aromatic rings. The van der Waals surface area contributed by atoms with Crippen LogP contribution >= 0.6 is 0 Å². The molecule has 1 unspecified atom stereocenters. The second kappa shape index (κ2) is 5.41. The van der Waals surface area contributed by atoms with Crippen molar-refractivity contribution in [1.82, 2.24) is 10.2 Å². The topological polar surface area (TPSA) is 15.3 Å². The maximum absolute atomic E-state index is 3.84. The summed E-state index contributed by atoms with van der Waals surface area (Å²) in [7, 11) is 2.24. The van der Waals surface area contributed by atoms with Crippen molar-refractivity contribution < 1.29 is 0 Å². The number of hydrogen-bond donors (Lipinski definition) is 1. The minimum atomic E-state index is 0.727. The van der Waals surface area contributed by atoms with E-state index in [4.69, 9.17) is 0 Å². The van der Waals surface area contributed by atoms with Gasteiger partial charge in [0.15, 0.2) is 0 Å². The highest BCUT2D eigenvalue weighted by molar-refractivity contribution is 5.22. The van der Waals surface area contributed by atoms with E-state index in [-0.39, 0.29) is 0 Å². The van der Waals surface area contributed by atoms with Crippen LogP contribution in [0.4, 0.5) is 0 Å². The van der Waals surface area contributed by atoms with Crippen LogP contribution < -0.4 is 5.32 Å². The van der Waals surface area contributed by atoms with E-state index < -0.39 is 0 Å². The predicted molar refractivity (Wildman–Crippen MR) is 75.9 cm³/mol. The largest absolute Gasteiger partial charge is 0.310 e. The van der Waals surface area contributed by atoms with E-state index in [0.29, 0.717) is 0 Å². The van der Waals surface area contributed by atoms with E-state index >= 15 is 0 Å². The van der Waals surface area contributed by atoms with Crippen molar-refractivity contribution >= 4 is 0 Å². The van der Waals surface area contributed by atoms with E-state index in [1.54, 1.807) is 0 Å². The standard InChI is InChI=1S/C16H24N2/c1-18-9-5-8-15(12-18)17-16-10-14(11-16)13-6-3-2-4-7-13/h2-4,6-7,14-17H,5,8-12H2,1H3. The molecule has 0 aromatic heterocycles. The monoisotopic (exact) mass is 244 g/mol. The van der Waals surface area contributed by atoms with Crippen LogP contribution in [0.3, 0.4) is 0 Å². The Hall–Kier alpha value is -0.860. The molecule has 2 aliphatic rings.